The van der Waals surface area contributed by atoms with Gasteiger partial charge >= 0.3 is 6.09 Å². The minimum absolute atomic E-state index is 0.135. The number of fused-ring (bicyclic) bond motifs is 2. The van der Waals surface area contributed by atoms with Crippen molar-refractivity contribution in [2.24, 2.45) is 7.05 Å². The summed E-state index contributed by atoms with van der Waals surface area (Å²) in [5, 5.41) is 0.714. The normalized spacial score (nSPS) is 13.0. The van der Waals surface area contributed by atoms with Gasteiger partial charge in [0.2, 0.25) is 0 Å². The molecule has 0 saturated heterocycles. The molecular formula is C24H21N3O5S. The van der Waals surface area contributed by atoms with E-state index in [0.29, 0.717) is 33.5 Å². The largest absolute Gasteiger partial charge is 0.420 e. The van der Waals surface area contributed by atoms with Gasteiger partial charge in [-0.2, -0.15) is 0 Å². The average molecular weight is 464 g/mol. The lowest BCUT2D eigenvalue weighted by Crippen LogP contribution is -2.33. The number of amides is 1. The molecule has 1 aliphatic heterocycles. The van der Waals surface area contributed by atoms with Crippen molar-refractivity contribution in [2.75, 3.05) is 11.2 Å². The molecule has 0 unspecified atom stereocenters. The van der Waals surface area contributed by atoms with Gasteiger partial charge in [-0.3, -0.25) is 9.69 Å². The van der Waals surface area contributed by atoms with E-state index >= 15 is 0 Å². The molecule has 2 aromatic heterocycles. The SMILES string of the molecule is Cn1cc2c3c(c[nH]c3c1=O)CN(C(=O)Oc1ccccc1)c1ccc(CS(C)(=O)=O)cc1-2. The van der Waals surface area contributed by atoms with Crippen LogP contribution in [0, 0.1) is 0 Å². The van der Waals surface area contributed by atoms with Gasteiger partial charge in [0.1, 0.15) is 11.3 Å². The number of carbonyl (C=O) groups is 1. The highest BCUT2D eigenvalue weighted by Crippen LogP contribution is 2.41. The van der Waals surface area contributed by atoms with E-state index in [4.69, 9.17) is 4.74 Å². The first-order valence-corrected chi connectivity index (χ1v) is 12.3. The van der Waals surface area contributed by atoms with Gasteiger partial charge in [-0.05, 0) is 35.4 Å². The molecule has 8 nitrogen and oxygen atoms in total. The lowest BCUT2D eigenvalue weighted by Gasteiger charge is -2.23. The highest BCUT2D eigenvalue weighted by atomic mass is 32.2. The molecule has 2 aromatic carbocycles. The number of hydrogen-bond donors (Lipinski definition) is 1. The second-order valence-corrected chi connectivity index (χ2v) is 10.4. The number of nitrogens with one attached hydrogen (secondary N) is 1. The zero-order chi connectivity index (χ0) is 23.3. The van der Waals surface area contributed by atoms with Crippen molar-refractivity contribution in [3.63, 3.8) is 0 Å². The Kier molecular flexibility index (Phi) is 4.86. The molecule has 168 valence electrons. The predicted octanol–water partition coefficient (Wildman–Crippen LogP) is 3.60. The number of anilines is 1. The van der Waals surface area contributed by atoms with Crippen LogP contribution in [0.15, 0.2) is 65.7 Å². The van der Waals surface area contributed by atoms with E-state index < -0.39 is 15.9 Å². The van der Waals surface area contributed by atoms with Crippen molar-refractivity contribution >= 4 is 32.5 Å². The summed E-state index contributed by atoms with van der Waals surface area (Å²) in [5.74, 6) is 0.274. The second kappa shape index (κ2) is 7.63. The van der Waals surface area contributed by atoms with E-state index in [2.05, 4.69) is 4.98 Å². The molecule has 33 heavy (non-hydrogen) atoms. The molecule has 0 aliphatic carbocycles. The Morgan fingerprint density at radius 3 is 2.61 bits per heavy atom. The van der Waals surface area contributed by atoms with Crippen LogP contribution in [-0.4, -0.2) is 30.3 Å². The molecule has 0 atom stereocenters. The van der Waals surface area contributed by atoms with E-state index in [1.54, 1.807) is 61.9 Å². The van der Waals surface area contributed by atoms with Gasteiger partial charge in [0.05, 0.1) is 18.0 Å². The Balaban J connectivity index is 1.72. The van der Waals surface area contributed by atoms with Crippen LogP contribution in [0.2, 0.25) is 0 Å². The van der Waals surface area contributed by atoms with Crippen molar-refractivity contribution < 1.29 is 17.9 Å². The number of hydrogen-bond acceptors (Lipinski definition) is 5. The zero-order valence-corrected chi connectivity index (χ0v) is 18.8. The van der Waals surface area contributed by atoms with Crippen LogP contribution >= 0.6 is 0 Å². The van der Waals surface area contributed by atoms with Gasteiger partial charge in [-0.15, -0.1) is 0 Å². The topological polar surface area (TPSA) is 101 Å². The monoisotopic (exact) mass is 463 g/mol. The summed E-state index contributed by atoms with van der Waals surface area (Å²) in [6, 6.07) is 14.0. The van der Waals surface area contributed by atoms with Crippen LogP contribution in [0.3, 0.4) is 0 Å². The Morgan fingerprint density at radius 1 is 1.12 bits per heavy atom. The molecule has 1 N–H and O–H groups in total. The standard InChI is InChI=1S/C24H21N3O5S/c1-26-13-19-18-10-15(14-33(2,30)31)8-9-20(18)27(24(29)32-17-6-4-3-5-7-17)12-16-11-25-22(21(16)19)23(26)28/h3-11,13,25H,12,14H2,1-2H3. The van der Waals surface area contributed by atoms with Gasteiger partial charge in [-0.25, -0.2) is 13.2 Å². The minimum Gasteiger partial charge on any atom is -0.410 e. The van der Waals surface area contributed by atoms with E-state index in [-0.39, 0.29) is 17.9 Å². The fraction of sp³-hybridized carbons (Fsp3) is 0.167. The molecule has 0 bridgehead atoms. The third-order valence-corrected chi connectivity index (χ3v) is 6.51. The Labute approximate surface area is 190 Å². The second-order valence-electron chi connectivity index (χ2n) is 8.21. The number of pyridine rings is 1. The number of H-pyrrole nitrogens is 1. The number of rotatable bonds is 3. The first kappa shape index (κ1) is 21.0. The van der Waals surface area contributed by atoms with Crippen LogP contribution in [0.25, 0.3) is 22.0 Å². The molecule has 0 saturated carbocycles. The Morgan fingerprint density at radius 2 is 1.88 bits per heavy atom. The maximum atomic E-state index is 13.3. The number of aryl methyl sites for hydroxylation is 1. The predicted molar refractivity (Wildman–Crippen MR) is 126 cm³/mol. The maximum absolute atomic E-state index is 13.3. The van der Waals surface area contributed by atoms with Gasteiger partial charge in [0.15, 0.2) is 9.84 Å². The molecule has 5 rings (SSSR count). The highest BCUT2D eigenvalue weighted by molar-refractivity contribution is 7.89. The fourth-order valence-corrected chi connectivity index (χ4v) is 5.04. The molecule has 9 heteroatoms. The molecular weight excluding hydrogens is 442 g/mol. The van der Waals surface area contributed by atoms with E-state index in [0.717, 1.165) is 11.1 Å². The Bertz CT molecular complexity index is 1570. The highest BCUT2D eigenvalue weighted by Gasteiger charge is 2.29. The first-order chi connectivity index (χ1) is 15.7. The molecule has 3 heterocycles. The molecule has 0 fully saturated rings. The number of benzene rings is 2. The van der Waals surface area contributed by atoms with Gasteiger partial charge < -0.3 is 14.3 Å². The number of para-hydroxylation sites is 1. The lowest BCUT2D eigenvalue weighted by molar-refractivity contribution is 0.207. The van der Waals surface area contributed by atoms with Crippen LogP contribution in [0.5, 0.6) is 5.75 Å². The van der Waals surface area contributed by atoms with Crippen LogP contribution in [0.1, 0.15) is 11.1 Å². The van der Waals surface area contributed by atoms with Gasteiger partial charge in [0.25, 0.3) is 5.56 Å². The van der Waals surface area contributed by atoms with Gasteiger partial charge in [0, 0.05) is 42.2 Å². The average Bonchev–Trinajstić information content (AvgIpc) is 3.13. The summed E-state index contributed by atoms with van der Waals surface area (Å²) in [6.07, 6.45) is 4.04. The lowest BCUT2D eigenvalue weighted by atomic mass is 9.99. The zero-order valence-electron chi connectivity index (χ0n) is 18.0. The summed E-state index contributed by atoms with van der Waals surface area (Å²) in [6.45, 7) is 0.185. The van der Waals surface area contributed by atoms with Crippen LogP contribution in [-0.2, 0) is 29.2 Å². The number of sulfone groups is 1. The van der Waals surface area contributed by atoms with Crippen molar-refractivity contribution in [2.45, 2.75) is 12.3 Å². The summed E-state index contributed by atoms with van der Waals surface area (Å²) >= 11 is 0. The third kappa shape index (κ3) is 3.80. The number of carbonyl (C=O) groups excluding carboxylic acids is 1. The summed E-state index contributed by atoms with van der Waals surface area (Å²) in [5.41, 5.74) is 3.57. The summed E-state index contributed by atoms with van der Waals surface area (Å²) < 4.78 is 30.9. The fourth-order valence-electron chi connectivity index (χ4n) is 4.25. The number of ether oxygens (including phenoxy) is 1. The van der Waals surface area contributed by atoms with Crippen molar-refractivity contribution in [3.05, 3.63) is 82.4 Å². The maximum Gasteiger partial charge on any atom is 0.420 e. The smallest absolute Gasteiger partial charge is 0.410 e. The minimum atomic E-state index is -3.27. The van der Waals surface area contributed by atoms with Crippen LogP contribution in [0.4, 0.5) is 10.5 Å². The van der Waals surface area contributed by atoms with Gasteiger partial charge in [-0.1, -0.05) is 24.3 Å². The van der Waals surface area contributed by atoms with E-state index in [9.17, 15) is 18.0 Å². The number of nitrogens with zero attached hydrogens (tertiary/aromatic N) is 2. The van der Waals surface area contributed by atoms with E-state index in [1.807, 2.05) is 6.07 Å². The molecule has 0 spiro atoms. The quantitative estimate of drug-likeness (QED) is 0.500. The number of aromatic nitrogens is 2. The molecule has 4 aromatic rings. The summed E-state index contributed by atoms with van der Waals surface area (Å²) in [4.78, 5) is 30.5. The van der Waals surface area contributed by atoms with Crippen molar-refractivity contribution in [1.82, 2.24) is 9.55 Å². The van der Waals surface area contributed by atoms with Crippen molar-refractivity contribution in [3.8, 4) is 16.9 Å². The molecule has 0 radical (unpaired) electrons. The van der Waals surface area contributed by atoms with Crippen molar-refractivity contribution in [1.29, 1.82) is 0 Å². The molecule has 1 aliphatic rings. The first-order valence-electron chi connectivity index (χ1n) is 10.3. The summed E-state index contributed by atoms with van der Waals surface area (Å²) in [7, 11) is -1.61. The van der Waals surface area contributed by atoms with Crippen LogP contribution < -0.4 is 15.2 Å². The third-order valence-electron chi connectivity index (χ3n) is 5.66. The van der Waals surface area contributed by atoms with E-state index in [1.165, 1.54) is 15.7 Å². The number of aromatic amines is 1. The Hall–Kier alpha value is -3.85. The molecule has 1 amide bonds.